The smallest absolute Gasteiger partial charge is 0.424 e. The number of hydrogen-bond acceptors (Lipinski definition) is 2. The number of nitrogens with zero attached hydrogens (tertiary/aromatic N) is 1. The van der Waals surface area contributed by atoms with Crippen molar-refractivity contribution in [2.24, 2.45) is 0 Å². The SMILES string of the molecule is C=Cc1c(/C=C/B(O)O)n(-c2ccc(F)cc2)c2ccccc12. The average Bonchev–Trinajstić information content (AvgIpc) is 2.87. The van der Waals surface area contributed by atoms with Gasteiger partial charge in [-0.3, -0.25) is 0 Å². The lowest BCUT2D eigenvalue weighted by Gasteiger charge is -2.09. The molecular weight excluding hydrogens is 292 g/mol. The Hall–Kier alpha value is -2.63. The van der Waals surface area contributed by atoms with E-state index in [1.165, 1.54) is 18.1 Å². The number of rotatable bonds is 4. The zero-order valence-electron chi connectivity index (χ0n) is 12.4. The molecule has 23 heavy (non-hydrogen) atoms. The van der Waals surface area contributed by atoms with E-state index in [0.717, 1.165) is 27.8 Å². The third-order valence-electron chi connectivity index (χ3n) is 3.67. The molecule has 1 heterocycles. The molecule has 0 unspecified atom stereocenters. The van der Waals surface area contributed by atoms with Gasteiger partial charge in [0.15, 0.2) is 0 Å². The van der Waals surface area contributed by atoms with Crippen LogP contribution >= 0.6 is 0 Å². The number of fused-ring (bicyclic) bond motifs is 1. The van der Waals surface area contributed by atoms with Crippen molar-refractivity contribution < 1.29 is 14.4 Å². The van der Waals surface area contributed by atoms with Crippen molar-refractivity contribution in [3.05, 3.63) is 78.2 Å². The quantitative estimate of drug-likeness (QED) is 0.725. The second kappa shape index (κ2) is 6.24. The van der Waals surface area contributed by atoms with E-state index in [-0.39, 0.29) is 5.82 Å². The summed E-state index contributed by atoms with van der Waals surface area (Å²) in [4.78, 5) is 0. The molecule has 0 spiro atoms. The Morgan fingerprint density at radius 1 is 1.04 bits per heavy atom. The highest BCUT2D eigenvalue weighted by atomic mass is 19.1. The highest BCUT2D eigenvalue weighted by Crippen LogP contribution is 2.31. The van der Waals surface area contributed by atoms with Crippen molar-refractivity contribution in [3.63, 3.8) is 0 Å². The van der Waals surface area contributed by atoms with Crippen LogP contribution in [-0.2, 0) is 0 Å². The van der Waals surface area contributed by atoms with Crippen molar-refractivity contribution in [1.82, 2.24) is 4.57 Å². The molecule has 0 atom stereocenters. The Bertz CT molecular complexity index is 882. The standard InChI is InChI=1S/C18H15BFNO2/c1-2-15-16-5-3-4-6-17(16)21(18(15)11-12-19(22)23)14-9-7-13(20)8-10-14/h2-12,22-23H,1H2/b12-11+. The Morgan fingerprint density at radius 2 is 1.74 bits per heavy atom. The maximum absolute atomic E-state index is 13.2. The highest BCUT2D eigenvalue weighted by molar-refractivity contribution is 6.48. The van der Waals surface area contributed by atoms with Gasteiger partial charge in [-0.1, -0.05) is 36.8 Å². The number of benzene rings is 2. The van der Waals surface area contributed by atoms with E-state index in [1.54, 1.807) is 24.3 Å². The number of aromatic nitrogens is 1. The van der Waals surface area contributed by atoms with E-state index < -0.39 is 7.12 Å². The van der Waals surface area contributed by atoms with Crippen molar-refractivity contribution in [2.75, 3.05) is 0 Å². The third-order valence-corrected chi connectivity index (χ3v) is 3.67. The molecule has 5 heteroatoms. The van der Waals surface area contributed by atoms with Crippen LogP contribution in [0.5, 0.6) is 0 Å². The summed E-state index contributed by atoms with van der Waals surface area (Å²) in [6, 6.07) is 13.9. The Labute approximate surface area is 133 Å². The van der Waals surface area contributed by atoms with Gasteiger partial charge in [0.05, 0.1) is 11.2 Å². The molecule has 0 saturated carbocycles. The van der Waals surface area contributed by atoms with Crippen LogP contribution in [0.25, 0.3) is 28.7 Å². The number of halogens is 1. The summed E-state index contributed by atoms with van der Waals surface area (Å²) in [6.45, 7) is 3.86. The Morgan fingerprint density at radius 3 is 2.39 bits per heavy atom. The van der Waals surface area contributed by atoms with Crippen LogP contribution in [0.4, 0.5) is 4.39 Å². The number of para-hydroxylation sites is 1. The number of hydrogen-bond donors (Lipinski definition) is 2. The molecule has 2 aromatic carbocycles. The van der Waals surface area contributed by atoms with Crippen LogP contribution < -0.4 is 0 Å². The second-order valence-corrected chi connectivity index (χ2v) is 5.10. The van der Waals surface area contributed by atoms with Crippen LogP contribution in [0.15, 0.2) is 61.1 Å². The Kier molecular flexibility index (Phi) is 4.15. The zero-order chi connectivity index (χ0) is 16.4. The first-order valence-electron chi connectivity index (χ1n) is 7.18. The van der Waals surface area contributed by atoms with Gasteiger partial charge in [0, 0.05) is 16.6 Å². The molecule has 0 amide bonds. The first-order valence-corrected chi connectivity index (χ1v) is 7.18. The first kappa shape index (κ1) is 15.3. The minimum absolute atomic E-state index is 0.308. The molecular formula is C18H15BFNO2. The van der Waals surface area contributed by atoms with E-state index in [1.807, 2.05) is 28.8 Å². The molecule has 0 fully saturated rings. The molecule has 0 aliphatic heterocycles. The minimum Gasteiger partial charge on any atom is -0.424 e. The van der Waals surface area contributed by atoms with Crippen molar-refractivity contribution in [1.29, 1.82) is 0 Å². The van der Waals surface area contributed by atoms with E-state index >= 15 is 0 Å². The lowest BCUT2D eigenvalue weighted by molar-refractivity contribution is 0.424. The van der Waals surface area contributed by atoms with Gasteiger partial charge in [-0.25, -0.2) is 4.39 Å². The van der Waals surface area contributed by atoms with E-state index in [2.05, 4.69) is 6.58 Å². The maximum atomic E-state index is 13.2. The summed E-state index contributed by atoms with van der Waals surface area (Å²) < 4.78 is 15.2. The highest BCUT2D eigenvalue weighted by Gasteiger charge is 2.15. The molecule has 0 aliphatic carbocycles. The van der Waals surface area contributed by atoms with Crippen molar-refractivity contribution in [2.45, 2.75) is 0 Å². The fraction of sp³-hybridized carbons (Fsp3) is 0. The molecule has 1 aromatic heterocycles. The van der Waals surface area contributed by atoms with Crippen molar-refractivity contribution >= 4 is 30.2 Å². The largest absolute Gasteiger partial charge is 0.480 e. The molecule has 0 bridgehead atoms. The van der Waals surface area contributed by atoms with Gasteiger partial charge in [0.25, 0.3) is 0 Å². The molecule has 0 saturated heterocycles. The van der Waals surface area contributed by atoms with Gasteiger partial charge in [-0.05, 0) is 36.4 Å². The summed E-state index contributed by atoms with van der Waals surface area (Å²) >= 11 is 0. The van der Waals surface area contributed by atoms with Gasteiger partial charge in [-0.15, -0.1) is 0 Å². The maximum Gasteiger partial charge on any atom is 0.480 e. The van der Waals surface area contributed by atoms with E-state index in [4.69, 9.17) is 10.0 Å². The summed E-state index contributed by atoms with van der Waals surface area (Å²) in [6.07, 6.45) is 3.36. The third kappa shape index (κ3) is 2.84. The van der Waals surface area contributed by atoms with Crippen LogP contribution in [0.2, 0.25) is 0 Å². The molecule has 0 radical (unpaired) electrons. The molecule has 3 nitrogen and oxygen atoms in total. The van der Waals surface area contributed by atoms with E-state index in [0.29, 0.717) is 0 Å². The Balaban J connectivity index is 2.35. The van der Waals surface area contributed by atoms with Crippen LogP contribution in [0.1, 0.15) is 11.3 Å². The van der Waals surface area contributed by atoms with Crippen LogP contribution in [-0.4, -0.2) is 21.7 Å². The molecule has 3 aromatic rings. The average molecular weight is 307 g/mol. The summed E-state index contributed by atoms with van der Waals surface area (Å²) in [7, 11) is -1.55. The van der Waals surface area contributed by atoms with Gasteiger partial charge in [0.2, 0.25) is 0 Å². The lowest BCUT2D eigenvalue weighted by Crippen LogP contribution is -2.06. The summed E-state index contributed by atoms with van der Waals surface area (Å²) in [5, 5.41) is 19.3. The summed E-state index contributed by atoms with van der Waals surface area (Å²) in [5.41, 5.74) is 3.34. The molecule has 114 valence electrons. The first-order chi connectivity index (χ1) is 11.1. The summed E-state index contributed by atoms with van der Waals surface area (Å²) in [5.74, 6) is 0.971. The lowest BCUT2D eigenvalue weighted by atomic mass is 9.91. The van der Waals surface area contributed by atoms with Crippen LogP contribution in [0.3, 0.4) is 0 Å². The topological polar surface area (TPSA) is 45.4 Å². The minimum atomic E-state index is -1.55. The van der Waals surface area contributed by atoms with Gasteiger partial charge < -0.3 is 14.6 Å². The second-order valence-electron chi connectivity index (χ2n) is 5.10. The fourth-order valence-corrected chi connectivity index (χ4v) is 2.71. The molecule has 0 aliphatic rings. The monoisotopic (exact) mass is 307 g/mol. The fourth-order valence-electron chi connectivity index (χ4n) is 2.71. The van der Waals surface area contributed by atoms with Gasteiger partial charge in [-0.2, -0.15) is 0 Å². The molecule has 3 rings (SSSR count). The van der Waals surface area contributed by atoms with Gasteiger partial charge >= 0.3 is 7.12 Å². The predicted molar refractivity (Wildman–Crippen MR) is 92.5 cm³/mol. The molecule has 2 N–H and O–H groups in total. The normalized spacial score (nSPS) is 11.3. The van der Waals surface area contributed by atoms with Crippen molar-refractivity contribution in [3.8, 4) is 5.69 Å². The van der Waals surface area contributed by atoms with Gasteiger partial charge in [0.1, 0.15) is 5.82 Å². The predicted octanol–water partition coefficient (Wildman–Crippen LogP) is 3.44. The van der Waals surface area contributed by atoms with Crippen LogP contribution in [0, 0.1) is 5.82 Å². The van der Waals surface area contributed by atoms with E-state index in [9.17, 15) is 4.39 Å². The zero-order valence-corrected chi connectivity index (χ0v) is 12.4.